The third kappa shape index (κ3) is 3.54. The van der Waals surface area contributed by atoms with Gasteiger partial charge < -0.3 is 10.1 Å². The molecule has 0 saturated carbocycles. The van der Waals surface area contributed by atoms with Crippen LogP contribution in [0.25, 0.3) is 0 Å². The molecule has 4 heteroatoms. The molecule has 2 rings (SSSR count). The average Bonchev–Trinajstić information content (AvgIpc) is 2.45. The third-order valence-electron chi connectivity index (χ3n) is 2.90. The molecule has 1 aromatic carbocycles. The molecule has 0 aliphatic rings. The topological polar surface area (TPSA) is 47.0 Å². The fourth-order valence-electron chi connectivity index (χ4n) is 2.09. The van der Waals surface area contributed by atoms with Gasteiger partial charge in [0.25, 0.3) is 0 Å². The number of nitrogens with zero attached hydrogens (tertiary/aromatic N) is 2. The Morgan fingerprint density at radius 1 is 1.15 bits per heavy atom. The molecule has 20 heavy (non-hydrogen) atoms. The fourth-order valence-corrected chi connectivity index (χ4v) is 2.09. The van der Waals surface area contributed by atoms with Gasteiger partial charge >= 0.3 is 0 Å². The van der Waals surface area contributed by atoms with E-state index in [0.717, 1.165) is 23.6 Å². The van der Waals surface area contributed by atoms with Gasteiger partial charge in [0.15, 0.2) is 5.82 Å². The summed E-state index contributed by atoms with van der Waals surface area (Å²) < 4.78 is 5.85. The molecule has 0 aliphatic heterocycles. The Balaban J connectivity index is 2.38. The summed E-state index contributed by atoms with van der Waals surface area (Å²) in [5.41, 5.74) is 2.01. The van der Waals surface area contributed by atoms with E-state index in [0.29, 0.717) is 12.4 Å². The Hall–Kier alpha value is -1.94. The van der Waals surface area contributed by atoms with Gasteiger partial charge in [-0.25, -0.2) is 9.97 Å². The van der Waals surface area contributed by atoms with Crippen molar-refractivity contribution in [2.24, 2.45) is 0 Å². The van der Waals surface area contributed by atoms with Gasteiger partial charge in [-0.3, -0.25) is 0 Å². The number of rotatable bonds is 6. The van der Waals surface area contributed by atoms with Crippen LogP contribution >= 0.6 is 0 Å². The summed E-state index contributed by atoms with van der Waals surface area (Å²) in [4.78, 5) is 9.11. The third-order valence-corrected chi connectivity index (χ3v) is 2.90. The SMILES string of the molecule is CCNc1cc(C)nc(C(OCC)c2ccccc2)n1. The molecular formula is C16H21N3O. The zero-order valence-corrected chi connectivity index (χ0v) is 12.3. The van der Waals surface area contributed by atoms with Crippen LogP contribution in [-0.4, -0.2) is 23.1 Å². The number of aryl methyl sites for hydroxylation is 1. The van der Waals surface area contributed by atoms with Crippen molar-refractivity contribution < 1.29 is 4.74 Å². The van der Waals surface area contributed by atoms with E-state index in [1.54, 1.807) is 0 Å². The van der Waals surface area contributed by atoms with Gasteiger partial charge in [0.2, 0.25) is 0 Å². The van der Waals surface area contributed by atoms with Crippen LogP contribution in [0.3, 0.4) is 0 Å². The first kappa shape index (κ1) is 14.5. The van der Waals surface area contributed by atoms with Crippen molar-refractivity contribution >= 4 is 5.82 Å². The lowest BCUT2D eigenvalue weighted by molar-refractivity contribution is 0.0851. The van der Waals surface area contributed by atoms with E-state index in [1.165, 1.54) is 0 Å². The van der Waals surface area contributed by atoms with Crippen molar-refractivity contribution in [2.75, 3.05) is 18.5 Å². The molecule has 1 heterocycles. The maximum absolute atomic E-state index is 5.85. The van der Waals surface area contributed by atoms with Gasteiger partial charge in [-0.1, -0.05) is 30.3 Å². The lowest BCUT2D eigenvalue weighted by Crippen LogP contribution is -2.13. The predicted octanol–water partition coefficient (Wildman–Crippen LogP) is 3.34. The normalized spacial score (nSPS) is 12.2. The number of ether oxygens (including phenoxy) is 1. The molecule has 106 valence electrons. The standard InChI is InChI=1S/C16H21N3O/c1-4-17-14-11-12(3)18-16(19-14)15(20-5-2)13-9-7-6-8-10-13/h6-11,15H,4-5H2,1-3H3,(H,17,18,19). The number of hydrogen-bond acceptors (Lipinski definition) is 4. The summed E-state index contributed by atoms with van der Waals surface area (Å²) in [6.07, 6.45) is -0.224. The Morgan fingerprint density at radius 2 is 1.90 bits per heavy atom. The van der Waals surface area contributed by atoms with Crippen LogP contribution in [0.15, 0.2) is 36.4 Å². The number of aromatic nitrogens is 2. The van der Waals surface area contributed by atoms with E-state index in [-0.39, 0.29) is 6.10 Å². The Kier molecular flexibility index (Phi) is 5.07. The van der Waals surface area contributed by atoms with Crippen LogP contribution in [0.5, 0.6) is 0 Å². The molecule has 0 bridgehead atoms. The summed E-state index contributed by atoms with van der Waals surface area (Å²) in [5, 5.41) is 3.23. The summed E-state index contributed by atoms with van der Waals surface area (Å²) in [5.74, 6) is 1.55. The van der Waals surface area contributed by atoms with Gasteiger partial charge in [-0.2, -0.15) is 0 Å². The summed E-state index contributed by atoms with van der Waals surface area (Å²) in [7, 11) is 0. The molecule has 4 nitrogen and oxygen atoms in total. The Labute approximate surface area is 120 Å². The number of anilines is 1. The molecule has 1 aromatic heterocycles. The molecule has 1 atom stereocenters. The van der Waals surface area contributed by atoms with Gasteiger partial charge in [-0.05, 0) is 26.3 Å². The van der Waals surface area contributed by atoms with Crippen molar-refractivity contribution in [1.29, 1.82) is 0 Å². The monoisotopic (exact) mass is 271 g/mol. The van der Waals surface area contributed by atoms with E-state index in [2.05, 4.69) is 15.3 Å². The predicted molar refractivity (Wildman–Crippen MR) is 80.8 cm³/mol. The lowest BCUT2D eigenvalue weighted by atomic mass is 10.1. The zero-order valence-electron chi connectivity index (χ0n) is 12.3. The highest BCUT2D eigenvalue weighted by Gasteiger charge is 2.18. The minimum Gasteiger partial charge on any atom is -0.370 e. The van der Waals surface area contributed by atoms with E-state index in [9.17, 15) is 0 Å². The second-order valence-electron chi connectivity index (χ2n) is 4.53. The number of benzene rings is 1. The molecular weight excluding hydrogens is 250 g/mol. The van der Waals surface area contributed by atoms with Crippen molar-refractivity contribution in [3.05, 3.63) is 53.5 Å². The second kappa shape index (κ2) is 7.01. The summed E-state index contributed by atoms with van der Waals surface area (Å²) in [6.45, 7) is 7.46. The van der Waals surface area contributed by atoms with Crippen molar-refractivity contribution in [3.8, 4) is 0 Å². The van der Waals surface area contributed by atoms with Gasteiger partial charge in [-0.15, -0.1) is 0 Å². The maximum Gasteiger partial charge on any atom is 0.164 e. The summed E-state index contributed by atoms with van der Waals surface area (Å²) >= 11 is 0. The van der Waals surface area contributed by atoms with E-state index < -0.39 is 0 Å². The molecule has 0 saturated heterocycles. The quantitative estimate of drug-likeness (QED) is 0.875. The van der Waals surface area contributed by atoms with Gasteiger partial charge in [0.05, 0.1) is 0 Å². The largest absolute Gasteiger partial charge is 0.370 e. The molecule has 0 aliphatic carbocycles. The Bertz CT molecular complexity index is 543. The van der Waals surface area contributed by atoms with Crippen molar-refractivity contribution in [1.82, 2.24) is 9.97 Å². The molecule has 2 aromatic rings. The molecule has 1 unspecified atom stereocenters. The van der Waals surface area contributed by atoms with Gasteiger partial charge in [0.1, 0.15) is 11.9 Å². The van der Waals surface area contributed by atoms with Crippen LogP contribution < -0.4 is 5.32 Å². The first-order valence-electron chi connectivity index (χ1n) is 7.00. The molecule has 1 N–H and O–H groups in total. The zero-order chi connectivity index (χ0) is 14.4. The molecule has 0 spiro atoms. The lowest BCUT2D eigenvalue weighted by Gasteiger charge is -2.17. The minimum absolute atomic E-state index is 0.224. The Morgan fingerprint density at radius 3 is 2.55 bits per heavy atom. The smallest absolute Gasteiger partial charge is 0.164 e. The minimum atomic E-state index is -0.224. The first-order chi connectivity index (χ1) is 9.74. The van der Waals surface area contributed by atoms with Crippen LogP contribution in [0, 0.1) is 6.92 Å². The second-order valence-corrected chi connectivity index (χ2v) is 4.53. The first-order valence-corrected chi connectivity index (χ1v) is 7.00. The van der Waals surface area contributed by atoms with E-state index in [1.807, 2.05) is 57.2 Å². The molecule has 0 fully saturated rings. The highest BCUT2D eigenvalue weighted by Crippen LogP contribution is 2.24. The number of nitrogens with one attached hydrogen (secondary N) is 1. The average molecular weight is 271 g/mol. The van der Waals surface area contributed by atoms with Crippen molar-refractivity contribution in [2.45, 2.75) is 26.9 Å². The highest BCUT2D eigenvalue weighted by atomic mass is 16.5. The van der Waals surface area contributed by atoms with E-state index >= 15 is 0 Å². The van der Waals surface area contributed by atoms with Crippen LogP contribution in [0.2, 0.25) is 0 Å². The maximum atomic E-state index is 5.85. The van der Waals surface area contributed by atoms with Crippen LogP contribution in [0.4, 0.5) is 5.82 Å². The van der Waals surface area contributed by atoms with Crippen LogP contribution in [0.1, 0.15) is 37.0 Å². The van der Waals surface area contributed by atoms with E-state index in [4.69, 9.17) is 4.74 Å². The highest BCUT2D eigenvalue weighted by molar-refractivity contribution is 5.37. The number of hydrogen-bond donors (Lipinski definition) is 1. The van der Waals surface area contributed by atoms with Crippen LogP contribution in [-0.2, 0) is 4.74 Å². The molecule has 0 radical (unpaired) electrons. The van der Waals surface area contributed by atoms with Crippen molar-refractivity contribution in [3.63, 3.8) is 0 Å². The van der Waals surface area contributed by atoms with Gasteiger partial charge in [0, 0.05) is 24.9 Å². The molecule has 0 amide bonds. The summed E-state index contributed by atoms with van der Waals surface area (Å²) in [6, 6.07) is 12.0. The fraction of sp³-hybridized carbons (Fsp3) is 0.375.